The lowest BCUT2D eigenvalue weighted by molar-refractivity contribution is -0.132. The number of fused-ring (bicyclic) bond motifs is 1. The predicted octanol–water partition coefficient (Wildman–Crippen LogP) is 2.76. The van der Waals surface area contributed by atoms with Crippen LogP contribution in [-0.4, -0.2) is 34.1 Å². The summed E-state index contributed by atoms with van der Waals surface area (Å²) >= 11 is 0. The van der Waals surface area contributed by atoms with E-state index in [0.29, 0.717) is 44.2 Å². The first-order valence-corrected chi connectivity index (χ1v) is 8.14. The fraction of sp³-hybridized carbons (Fsp3) is 0.444. The van der Waals surface area contributed by atoms with Gasteiger partial charge in [-0.05, 0) is 29.7 Å². The van der Waals surface area contributed by atoms with Crippen LogP contribution in [0.5, 0.6) is 0 Å². The number of benzene rings is 1. The van der Waals surface area contributed by atoms with Crippen LogP contribution in [0.2, 0.25) is 0 Å². The maximum atomic E-state index is 13.9. The van der Waals surface area contributed by atoms with Crippen LogP contribution in [-0.2, 0) is 17.8 Å². The van der Waals surface area contributed by atoms with Gasteiger partial charge in [0.25, 0.3) is 0 Å². The van der Waals surface area contributed by atoms with Gasteiger partial charge in [0, 0.05) is 38.8 Å². The molecule has 1 N–H and O–H groups in total. The van der Waals surface area contributed by atoms with Crippen molar-refractivity contribution in [1.82, 2.24) is 4.90 Å². The average Bonchev–Trinajstić information content (AvgIpc) is 3.37. The first kappa shape index (κ1) is 17.1. The molecule has 2 aliphatic rings. The van der Waals surface area contributed by atoms with Gasteiger partial charge >= 0.3 is 5.97 Å². The number of carboxylic acids is 1. The lowest BCUT2D eigenvalue weighted by Gasteiger charge is -2.29. The summed E-state index contributed by atoms with van der Waals surface area (Å²) in [6.45, 7) is 0.777. The van der Waals surface area contributed by atoms with Crippen LogP contribution in [0.1, 0.15) is 47.2 Å². The minimum Gasteiger partial charge on any atom is -0.478 e. The van der Waals surface area contributed by atoms with E-state index in [1.54, 1.807) is 4.90 Å². The first-order valence-electron chi connectivity index (χ1n) is 8.14. The highest BCUT2D eigenvalue weighted by molar-refractivity contribution is 5.88. The topological polar surface area (TPSA) is 82.3 Å². The molecule has 1 aromatic carbocycles. The van der Waals surface area contributed by atoms with E-state index in [1.807, 2.05) is 0 Å². The zero-order chi connectivity index (χ0) is 18.0. The fourth-order valence-electron chi connectivity index (χ4n) is 3.09. The third-order valence-electron chi connectivity index (χ3n) is 4.68. The van der Waals surface area contributed by atoms with Gasteiger partial charge in [0.05, 0.1) is 5.56 Å². The van der Waals surface area contributed by atoms with E-state index in [9.17, 15) is 14.0 Å². The lowest BCUT2D eigenvalue weighted by atomic mass is 9.96. The summed E-state index contributed by atoms with van der Waals surface area (Å²) in [5.41, 5.74) is 0.620. The van der Waals surface area contributed by atoms with Crippen molar-refractivity contribution in [2.24, 2.45) is 10.2 Å². The number of halogens is 1. The van der Waals surface area contributed by atoms with Crippen LogP contribution in [0, 0.1) is 18.2 Å². The summed E-state index contributed by atoms with van der Waals surface area (Å²) in [6.07, 6.45) is 7.83. The molecule has 6 nitrogen and oxygen atoms in total. The third-order valence-corrected chi connectivity index (χ3v) is 4.68. The highest BCUT2D eigenvalue weighted by atomic mass is 19.1. The van der Waals surface area contributed by atoms with Crippen LogP contribution in [0.15, 0.2) is 22.4 Å². The van der Waals surface area contributed by atoms with E-state index < -0.39 is 17.4 Å². The molecule has 2 aliphatic heterocycles. The van der Waals surface area contributed by atoms with E-state index in [4.69, 9.17) is 11.5 Å². The maximum Gasteiger partial charge on any atom is 0.338 e. The van der Waals surface area contributed by atoms with Crippen molar-refractivity contribution < 1.29 is 19.1 Å². The summed E-state index contributed by atoms with van der Waals surface area (Å²) in [5.74, 6) is 0.457. The van der Waals surface area contributed by atoms with E-state index >= 15 is 0 Å². The molecule has 0 fully saturated rings. The molecular weight excluding hydrogens is 325 g/mol. The van der Waals surface area contributed by atoms with Crippen LogP contribution in [0.25, 0.3) is 0 Å². The molecule has 0 aromatic heterocycles. The molecule has 0 spiro atoms. The SMILES string of the molecule is C#CCCC1(CCC(=O)N2CCc3cc(C(=O)O)c(F)cc3C2)N=N1. The predicted molar refractivity (Wildman–Crippen MR) is 87.4 cm³/mol. The summed E-state index contributed by atoms with van der Waals surface area (Å²) in [5, 5.41) is 17.0. The second-order valence-corrected chi connectivity index (χ2v) is 6.36. The number of aromatic carboxylic acids is 1. The van der Waals surface area contributed by atoms with Crippen molar-refractivity contribution in [1.29, 1.82) is 0 Å². The molecule has 0 bridgehead atoms. The van der Waals surface area contributed by atoms with E-state index in [2.05, 4.69) is 16.1 Å². The van der Waals surface area contributed by atoms with Crippen LogP contribution < -0.4 is 0 Å². The Kier molecular flexibility index (Phi) is 4.53. The Labute approximate surface area is 144 Å². The monoisotopic (exact) mass is 343 g/mol. The summed E-state index contributed by atoms with van der Waals surface area (Å²) < 4.78 is 13.9. The maximum absolute atomic E-state index is 13.9. The van der Waals surface area contributed by atoms with Gasteiger partial charge in [-0.25, -0.2) is 9.18 Å². The number of carboxylic acid groups (broad SMARTS) is 1. The van der Waals surface area contributed by atoms with E-state index in [1.165, 1.54) is 12.1 Å². The molecular formula is C18H18FN3O3. The molecule has 25 heavy (non-hydrogen) atoms. The molecule has 1 aromatic rings. The van der Waals surface area contributed by atoms with Gasteiger partial charge in [-0.1, -0.05) is 0 Å². The second-order valence-electron chi connectivity index (χ2n) is 6.36. The molecule has 0 unspecified atom stereocenters. The number of carbonyl (C=O) groups is 2. The molecule has 0 aliphatic carbocycles. The zero-order valence-corrected chi connectivity index (χ0v) is 13.7. The van der Waals surface area contributed by atoms with Crippen molar-refractivity contribution in [3.05, 3.63) is 34.6 Å². The van der Waals surface area contributed by atoms with Gasteiger partial charge < -0.3 is 10.0 Å². The first-order chi connectivity index (χ1) is 11.9. The number of terminal acetylenes is 1. The summed E-state index contributed by atoms with van der Waals surface area (Å²) in [4.78, 5) is 25.1. The van der Waals surface area contributed by atoms with E-state index in [-0.39, 0.29) is 18.0 Å². The Morgan fingerprint density at radius 2 is 2.08 bits per heavy atom. The Bertz CT molecular complexity index is 791. The third kappa shape index (κ3) is 3.68. The minimum atomic E-state index is -1.28. The molecule has 0 atom stereocenters. The standard InChI is InChI=1S/C18H18FN3O3/c1-2-3-6-18(20-21-18)7-4-16(23)22-8-5-12-9-14(17(24)25)15(19)10-13(12)11-22/h1,9-10H,3-8,11H2,(H,24,25). The van der Waals surface area contributed by atoms with Gasteiger partial charge in [-0.15, -0.1) is 12.3 Å². The quantitative estimate of drug-likeness (QED) is 0.806. The van der Waals surface area contributed by atoms with Crippen molar-refractivity contribution in [3.63, 3.8) is 0 Å². The summed E-state index contributed by atoms with van der Waals surface area (Å²) in [7, 11) is 0. The number of nitrogens with zero attached hydrogens (tertiary/aromatic N) is 3. The number of hydrogen-bond donors (Lipinski definition) is 1. The van der Waals surface area contributed by atoms with Gasteiger partial charge in [0.2, 0.25) is 5.91 Å². The molecule has 0 saturated carbocycles. The molecule has 0 radical (unpaired) electrons. The highest BCUT2D eigenvalue weighted by Crippen LogP contribution is 2.38. The second kappa shape index (κ2) is 6.63. The van der Waals surface area contributed by atoms with Gasteiger partial charge in [-0.2, -0.15) is 10.2 Å². The average molecular weight is 343 g/mol. The Morgan fingerprint density at radius 3 is 2.72 bits per heavy atom. The van der Waals surface area contributed by atoms with Crippen LogP contribution in [0.4, 0.5) is 4.39 Å². The summed E-state index contributed by atoms with van der Waals surface area (Å²) in [6, 6.07) is 2.59. The largest absolute Gasteiger partial charge is 0.478 e. The van der Waals surface area contributed by atoms with Crippen molar-refractivity contribution in [2.75, 3.05) is 6.54 Å². The zero-order valence-electron chi connectivity index (χ0n) is 13.7. The number of rotatable bonds is 6. The smallest absolute Gasteiger partial charge is 0.338 e. The van der Waals surface area contributed by atoms with E-state index in [0.717, 1.165) is 5.56 Å². The van der Waals surface area contributed by atoms with Gasteiger partial charge in [0.15, 0.2) is 5.66 Å². The lowest BCUT2D eigenvalue weighted by Crippen LogP contribution is -2.36. The number of amides is 1. The number of carbonyl (C=O) groups excluding carboxylic acids is 1. The van der Waals surface area contributed by atoms with Crippen molar-refractivity contribution in [3.8, 4) is 12.3 Å². The molecule has 0 saturated heterocycles. The molecule has 1 amide bonds. The normalized spacial score (nSPS) is 16.9. The Balaban J connectivity index is 1.61. The minimum absolute atomic E-state index is 0.0363. The van der Waals surface area contributed by atoms with Gasteiger partial charge in [-0.3, -0.25) is 4.79 Å². The van der Waals surface area contributed by atoms with Crippen LogP contribution >= 0.6 is 0 Å². The molecule has 3 rings (SSSR count). The van der Waals surface area contributed by atoms with Crippen LogP contribution in [0.3, 0.4) is 0 Å². The molecule has 2 heterocycles. The Morgan fingerprint density at radius 1 is 1.32 bits per heavy atom. The number of hydrogen-bond acceptors (Lipinski definition) is 4. The van der Waals surface area contributed by atoms with Crippen molar-refractivity contribution >= 4 is 11.9 Å². The Hall–Kier alpha value is -2.75. The fourth-order valence-corrected chi connectivity index (χ4v) is 3.09. The molecule has 130 valence electrons. The highest BCUT2D eigenvalue weighted by Gasteiger charge is 2.39. The molecule has 7 heteroatoms. The van der Waals surface area contributed by atoms with Crippen molar-refractivity contribution in [2.45, 2.75) is 44.3 Å². The van der Waals surface area contributed by atoms with Gasteiger partial charge in [0.1, 0.15) is 5.82 Å².